The van der Waals surface area contributed by atoms with Crippen LogP contribution in [-0.2, 0) is 0 Å². The van der Waals surface area contributed by atoms with Crippen LogP contribution >= 0.6 is 0 Å². The minimum absolute atomic E-state index is 0.0922. The maximum atomic E-state index is 12.0. The molecule has 6 heteroatoms. The molecule has 0 spiro atoms. The maximum Gasteiger partial charge on any atom is 0.270 e. The van der Waals surface area contributed by atoms with E-state index in [-0.39, 0.29) is 11.3 Å². The smallest absolute Gasteiger partial charge is 0.270 e. The lowest BCUT2D eigenvalue weighted by molar-refractivity contribution is -0.384. The molecule has 2 aromatic carbocycles. The van der Waals surface area contributed by atoms with Crippen molar-refractivity contribution in [3.05, 3.63) is 86.1 Å². The number of rotatable bonds is 4. The quantitative estimate of drug-likeness (QED) is 0.405. The Morgan fingerprint density at radius 2 is 1.86 bits per heavy atom. The zero-order valence-electron chi connectivity index (χ0n) is 11.3. The fraction of sp³-hybridized carbons (Fsp3) is 0. The Balaban J connectivity index is 2.32. The molecule has 110 valence electrons. The summed E-state index contributed by atoms with van der Waals surface area (Å²) in [6.45, 7) is 0. The van der Waals surface area contributed by atoms with Crippen molar-refractivity contribution in [1.29, 1.82) is 0 Å². The van der Waals surface area contributed by atoms with Crippen molar-refractivity contribution in [2.24, 2.45) is 0 Å². The van der Waals surface area contributed by atoms with E-state index in [0.29, 0.717) is 5.56 Å². The highest BCUT2D eigenvalue weighted by Crippen LogP contribution is 2.16. The van der Waals surface area contributed by atoms with E-state index in [1.165, 1.54) is 42.5 Å². The molecule has 0 radical (unpaired) electrons. The van der Waals surface area contributed by atoms with Gasteiger partial charge in [-0.15, -0.1) is 0 Å². The lowest BCUT2D eigenvalue weighted by Crippen LogP contribution is -2.01. The summed E-state index contributed by atoms with van der Waals surface area (Å²) < 4.78 is 0. The summed E-state index contributed by atoms with van der Waals surface area (Å²) in [6.07, 6.45) is 2.53. The zero-order valence-corrected chi connectivity index (χ0v) is 11.3. The first-order valence-corrected chi connectivity index (χ1v) is 6.28. The molecule has 0 heterocycles. The minimum atomic E-state index is -0.655. The SMILES string of the molecule is O=C(/C=C/c1cccc([N+](=O)[O-])c1)c1ccccc(=O)c1O. The van der Waals surface area contributed by atoms with E-state index in [1.54, 1.807) is 6.07 Å². The molecule has 22 heavy (non-hydrogen) atoms. The largest absolute Gasteiger partial charge is 0.504 e. The molecule has 0 atom stereocenters. The van der Waals surface area contributed by atoms with Gasteiger partial charge in [-0.1, -0.05) is 30.3 Å². The molecule has 0 aliphatic carbocycles. The number of benzene rings is 1. The topological polar surface area (TPSA) is 97.5 Å². The fourth-order valence-electron chi connectivity index (χ4n) is 1.79. The van der Waals surface area contributed by atoms with Crippen LogP contribution in [0.15, 0.2) is 59.4 Å². The standard InChI is InChI=1S/C16H11NO5/c18-14(13-6-1-2-7-15(19)16(13)20)9-8-11-4-3-5-12(10-11)17(21)22/h1-10H,(H,19,20)/b9-8+. The molecular weight excluding hydrogens is 286 g/mol. The van der Waals surface area contributed by atoms with E-state index in [0.717, 1.165) is 12.1 Å². The predicted molar refractivity (Wildman–Crippen MR) is 80.8 cm³/mol. The molecule has 0 aliphatic rings. The molecule has 0 amide bonds. The number of hydrogen-bond donors (Lipinski definition) is 1. The first-order valence-electron chi connectivity index (χ1n) is 6.28. The van der Waals surface area contributed by atoms with Gasteiger partial charge in [0.05, 0.1) is 10.5 Å². The minimum Gasteiger partial charge on any atom is -0.504 e. The van der Waals surface area contributed by atoms with Crippen LogP contribution in [0.2, 0.25) is 0 Å². The van der Waals surface area contributed by atoms with E-state index < -0.39 is 21.9 Å². The Hall–Kier alpha value is -3.28. The second kappa shape index (κ2) is 6.45. The van der Waals surface area contributed by atoms with E-state index in [9.17, 15) is 24.8 Å². The number of nitrogens with zero attached hydrogens (tertiary/aromatic N) is 1. The number of nitro groups is 1. The van der Waals surface area contributed by atoms with Crippen molar-refractivity contribution >= 4 is 17.5 Å². The summed E-state index contributed by atoms with van der Waals surface area (Å²) in [5.74, 6) is -1.20. The summed E-state index contributed by atoms with van der Waals surface area (Å²) >= 11 is 0. The van der Waals surface area contributed by atoms with Crippen molar-refractivity contribution in [3.63, 3.8) is 0 Å². The third kappa shape index (κ3) is 3.43. The van der Waals surface area contributed by atoms with Crippen LogP contribution in [-0.4, -0.2) is 15.8 Å². The van der Waals surface area contributed by atoms with Crippen LogP contribution in [0.25, 0.3) is 6.08 Å². The Kier molecular flexibility index (Phi) is 4.43. The Bertz CT molecular complexity index is 827. The summed E-state index contributed by atoms with van der Waals surface area (Å²) in [4.78, 5) is 33.6. The molecule has 0 unspecified atom stereocenters. The molecule has 6 nitrogen and oxygen atoms in total. The lowest BCUT2D eigenvalue weighted by Gasteiger charge is -1.96. The number of nitro benzene ring substituents is 1. The number of allylic oxidation sites excluding steroid dienone is 1. The van der Waals surface area contributed by atoms with Gasteiger partial charge in [-0.25, -0.2) is 0 Å². The van der Waals surface area contributed by atoms with E-state index in [1.807, 2.05) is 0 Å². The first kappa shape index (κ1) is 15.1. The van der Waals surface area contributed by atoms with Crippen LogP contribution in [0.3, 0.4) is 0 Å². The lowest BCUT2D eigenvalue weighted by atomic mass is 10.1. The van der Waals surface area contributed by atoms with Gasteiger partial charge in [0.15, 0.2) is 11.5 Å². The van der Waals surface area contributed by atoms with Gasteiger partial charge in [-0.05, 0) is 23.8 Å². The van der Waals surface area contributed by atoms with Gasteiger partial charge >= 0.3 is 0 Å². The Labute approximate surface area is 125 Å². The Morgan fingerprint density at radius 3 is 2.59 bits per heavy atom. The van der Waals surface area contributed by atoms with Gasteiger partial charge in [0.1, 0.15) is 0 Å². The van der Waals surface area contributed by atoms with Crippen LogP contribution < -0.4 is 5.43 Å². The second-order valence-electron chi connectivity index (χ2n) is 4.39. The van der Waals surface area contributed by atoms with Crippen molar-refractivity contribution in [1.82, 2.24) is 0 Å². The molecule has 0 aromatic heterocycles. The van der Waals surface area contributed by atoms with Crippen molar-refractivity contribution in [2.75, 3.05) is 0 Å². The zero-order chi connectivity index (χ0) is 16.1. The normalized spacial score (nSPS) is 10.5. The number of carbonyl (C=O) groups is 1. The molecule has 0 bridgehead atoms. The number of ketones is 1. The number of aromatic hydroxyl groups is 1. The monoisotopic (exact) mass is 297 g/mol. The number of hydrogen-bond acceptors (Lipinski definition) is 5. The van der Waals surface area contributed by atoms with Crippen LogP contribution in [0.5, 0.6) is 5.75 Å². The van der Waals surface area contributed by atoms with Crippen molar-refractivity contribution in [3.8, 4) is 5.75 Å². The average Bonchev–Trinajstić information content (AvgIpc) is 2.67. The van der Waals surface area contributed by atoms with Gasteiger partial charge in [-0.3, -0.25) is 19.7 Å². The second-order valence-corrected chi connectivity index (χ2v) is 4.39. The van der Waals surface area contributed by atoms with Crippen molar-refractivity contribution < 1.29 is 14.8 Å². The molecule has 1 N–H and O–H groups in total. The van der Waals surface area contributed by atoms with E-state index in [4.69, 9.17) is 0 Å². The molecule has 0 saturated heterocycles. The van der Waals surface area contributed by atoms with Gasteiger partial charge in [-0.2, -0.15) is 0 Å². The summed E-state index contributed by atoms with van der Waals surface area (Å²) in [5.41, 5.74) is -0.413. The number of carbonyl (C=O) groups excluding carboxylic acids is 1. The summed E-state index contributed by atoms with van der Waals surface area (Å²) in [6, 6.07) is 11.1. The van der Waals surface area contributed by atoms with Crippen LogP contribution in [0, 0.1) is 10.1 Å². The number of non-ortho nitro benzene ring substituents is 1. The molecule has 0 saturated carbocycles. The summed E-state index contributed by atoms with van der Waals surface area (Å²) in [7, 11) is 0. The predicted octanol–water partition coefficient (Wildman–Crippen LogP) is 2.56. The Morgan fingerprint density at radius 1 is 1.14 bits per heavy atom. The summed E-state index contributed by atoms with van der Waals surface area (Å²) in [5, 5.41) is 20.4. The maximum absolute atomic E-state index is 12.0. The van der Waals surface area contributed by atoms with Crippen LogP contribution in [0.4, 0.5) is 5.69 Å². The fourth-order valence-corrected chi connectivity index (χ4v) is 1.79. The third-order valence-electron chi connectivity index (χ3n) is 2.88. The molecule has 0 fully saturated rings. The van der Waals surface area contributed by atoms with Gasteiger partial charge in [0.2, 0.25) is 5.43 Å². The average molecular weight is 297 g/mol. The van der Waals surface area contributed by atoms with Crippen molar-refractivity contribution in [2.45, 2.75) is 0 Å². The van der Waals surface area contributed by atoms with E-state index in [2.05, 4.69) is 0 Å². The molecular formula is C16H11NO5. The van der Waals surface area contributed by atoms with E-state index >= 15 is 0 Å². The highest BCUT2D eigenvalue weighted by atomic mass is 16.6. The van der Waals surface area contributed by atoms with Gasteiger partial charge in [0.25, 0.3) is 5.69 Å². The van der Waals surface area contributed by atoms with Gasteiger partial charge < -0.3 is 5.11 Å². The highest BCUT2D eigenvalue weighted by molar-refractivity contribution is 6.08. The van der Waals surface area contributed by atoms with Gasteiger partial charge in [0, 0.05) is 12.1 Å². The molecule has 0 aliphatic heterocycles. The first-order chi connectivity index (χ1) is 10.5. The molecule has 2 aromatic rings. The third-order valence-corrected chi connectivity index (χ3v) is 2.88. The highest BCUT2D eigenvalue weighted by Gasteiger charge is 2.09. The van der Waals surface area contributed by atoms with Crippen LogP contribution in [0.1, 0.15) is 15.9 Å². The molecule has 2 rings (SSSR count).